The summed E-state index contributed by atoms with van der Waals surface area (Å²) in [6, 6.07) is 22.7. The number of carbonyl (C=O) groups is 1. The highest BCUT2D eigenvalue weighted by molar-refractivity contribution is 5.96. The first-order chi connectivity index (χ1) is 18.2. The summed E-state index contributed by atoms with van der Waals surface area (Å²) < 4.78 is 5.60. The van der Waals surface area contributed by atoms with Crippen LogP contribution in [0.4, 0.5) is 5.69 Å². The molecule has 38 heavy (non-hydrogen) atoms. The smallest absolute Gasteiger partial charge is 0.346 e. The van der Waals surface area contributed by atoms with Crippen LogP contribution < -0.4 is 10.5 Å². The van der Waals surface area contributed by atoms with E-state index in [1.165, 1.54) is 6.08 Å². The first-order valence-electron chi connectivity index (χ1n) is 11.9. The zero-order valence-electron chi connectivity index (χ0n) is 21.3. The fourth-order valence-electron chi connectivity index (χ4n) is 3.93. The summed E-state index contributed by atoms with van der Waals surface area (Å²) >= 11 is 0. The van der Waals surface area contributed by atoms with Crippen molar-refractivity contribution in [1.82, 2.24) is 0 Å². The van der Waals surface area contributed by atoms with Gasteiger partial charge in [-0.3, -0.25) is 0 Å². The number of hydrogen-bond donors (Lipinski definition) is 1. The van der Waals surface area contributed by atoms with Gasteiger partial charge in [-0.25, -0.2) is 9.59 Å². The summed E-state index contributed by atoms with van der Waals surface area (Å²) in [7, 11) is 3.89. The zero-order chi connectivity index (χ0) is 27.2. The first-order valence-corrected chi connectivity index (χ1v) is 11.9. The van der Waals surface area contributed by atoms with Gasteiger partial charge in [-0.15, -0.1) is 0 Å². The molecule has 0 bridgehead atoms. The Labute approximate surface area is 220 Å². The van der Waals surface area contributed by atoms with E-state index in [2.05, 4.69) is 0 Å². The number of aryl methyl sites for hydroxylation is 1. The molecule has 188 valence electrons. The van der Waals surface area contributed by atoms with Gasteiger partial charge in [0.15, 0.2) is 0 Å². The van der Waals surface area contributed by atoms with Crippen molar-refractivity contribution in [2.45, 2.75) is 6.92 Å². The fraction of sp³-hybridized carbons (Fsp3) is 0.0938. The fourth-order valence-corrected chi connectivity index (χ4v) is 3.93. The molecule has 3 aromatic carbocycles. The van der Waals surface area contributed by atoms with E-state index in [0.717, 1.165) is 33.3 Å². The van der Waals surface area contributed by atoms with Crippen LogP contribution in [0.1, 0.15) is 33.4 Å². The van der Waals surface area contributed by atoms with Crippen LogP contribution in [0.2, 0.25) is 0 Å². The molecule has 4 aromatic rings. The first kappa shape index (κ1) is 25.9. The van der Waals surface area contributed by atoms with Crippen LogP contribution in [0.5, 0.6) is 0 Å². The van der Waals surface area contributed by atoms with E-state index in [1.54, 1.807) is 24.3 Å². The van der Waals surface area contributed by atoms with Gasteiger partial charge in [-0.1, -0.05) is 66.8 Å². The lowest BCUT2D eigenvalue weighted by molar-refractivity contribution is -0.132. The molecule has 0 atom stereocenters. The molecular formula is C32H26N2O4. The molecule has 0 saturated heterocycles. The Hall–Kier alpha value is -5.15. The molecular weight excluding hydrogens is 476 g/mol. The number of benzene rings is 3. The van der Waals surface area contributed by atoms with Crippen LogP contribution in [0, 0.1) is 18.3 Å². The van der Waals surface area contributed by atoms with Crippen molar-refractivity contribution >= 4 is 53.0 Å². The Morgan fingerprint density at radius 1 is 0.868 bits per heavy atom. The third-order valence-corrected chi connectivity index (χ3v) is 6.16. The van der Waals surface area contributed by atoms with Crippen LogP contribution in [0.15, 0.2) is 81.5 Å². The van der Waals surface area contributed by atoms with Crippen molar-refractivity contribution in [2.24, 2.45) is 0 Å². The molecule has 0 spiro atoms. The van der Waals surface area contributed by atoms with Crippen molar-refractivity contribution in [3.63, 3.8) is 0 Å². The molecule has 1 N–H and O–H groups in total. The topological polar surface area (TPSA) is 94.5 Å². The lowest BCUT2D eigenvalue weighted by Gasteiger charge is -2.13. The molecule has 0 radical (unpaired) electrons. The summed E-state index contributed by atoms with van der Waals surface area (Å²) in [4.78, 5) is 25.6. The van der Waals surface area contributed by atoms with Gasteiger partial charge < -0.3 is 14.4 Å². The van der Waals surface area contributed by atoms with E-state index in [9.17, 15) is 9.59 Å². The normalized spacial score (nSPS) is 11.8. The zero-order valence-corrected chi connectivity index (χ0v) is 21.3. The van der Waals surface area contributed by atoms with Gasteiger partial charge in [0.25, 0.3) is 0 Å². The van der Waals surface area contributed by atoms with Gasteiger partial charge in [-0.2, -0.15) is 5.26 Å². The number of carboxylic acid groups (broad SMARTS) is 1. The summed E-state index contributed by atoms with van der Waals surface area (Å²) in [5, 5.41) is 18.8. The van der Waals surface area contributed by atoms with E-state index in [1.807, 2.05) is 98.7 Å². The molecule has 1 aromatic heterocycles. The van der Waals surface area contributed by atoms with Crippen LogP contribution >= 0.6 is 0 Å². The number of rotatable bonds is 7. The Bertz CT molecular complexity index is 1680. The number of carboxylic acids is 1. The molecule has 6 nitrogen and oxygen atoms in total. The quantitative estimate of drug-likeness (QED) is 0.134. The van der Waals surface area contributed by atoms with Crippen molar-refractivity contribution in [1.29, 1.82) is 5.26 Å². The maximum atomic E-state index is 12.7. The second-order valence-electron chi connectivity index (χ2n) is 8.98. The Balaban J connectivity index is 1.48. The van der Waals surface area contributed by atoms with E-state index in [4.69, 9.17) is 14.8 Å². The highest BCUT2D eigenvalue weighted by Gasteiger charge is 2.10. The van der Waals surface area contributed by atoms with Gasteiger partial charge in [0.05, 0.1) is 5.56 Å². The summed E-state index contributed by atoms with van der Waals surface area (Å²) in [6.07, 6.45) is 8.95. The van der Waals surface area contributed by atoms with E-state index >= 15 is 0 Å². The van der Waals surface area contributed by atoms with Crippen molar-refractivity contribution < 1.29 is 14.3 Å². The lowest BCUT2D eigenvalue weighted by Crippen LogP contribution is -2.09. The number of aliphatic carboxylic acids is 1. The van der Waals surface area contributed by atoms with E-state index in [0.29, 0.717) is 16.7 Å². The average Bonchev–Trinajstić information content (AvgIpc) is 2.91. The Kier molecular flexibility index (Phi) is 7.69. The minimum absolute atomic E-state index is 0.308. The number of nitriles is 1. The lowest BCUT2D eigenvalue weighted by atomic mass is 10.0. The third-order valence-electron chi connectivity index (χ3n) is 6.16. The van der Waals surface area contributed by atoms with Crippen molar-refractivity contribution in [3.8, 4) is 6.07 Å². The van der Waals surface area contributed by atoms with Crippen LogP contribution in [0.3, 0.4) is 0 Å². The monoisotopic (exact) mass is 502 g/mol. The Morgan fingerprint density at radius 3 is 1.89 bits per heavy atom. The van der Waals surface area contributed by atoms with Gasteiger partial charge >= 0.3 is 11.6 Å². The predicted octanol–water partition coefficient (Wildman–Crippen LogP) is 6.50. The predicted molar refractivity (Wildman–Crippen MR) is 154 cm³/mol. The number of fused-ring (bicyclic) bond motifs is 1. The molecule has 0 aliphatic carbocycles. The van der Waals surface area contributed by atoms with E-state index < -0.39 is 5.97 Å². The number of anilines is 1. The number of nitrogens with zero attached hydrogens (tertiary/aromatic N) is 2. The SMILES string of the molecule is Cc1c(/C=C/c2ccc(/C=C/c3ccc(/C=C(/C#N)C(=O)O)cc3)cc2)c(=O)oc2cc(N(C)C)ccc12. The van der Waals surface area contributed by atoms with Gasteiger partial charge in [0.2, 0.25) is 0 Å². The molecule has 4 rings (SSSR count). The average molecular weight is 503 g/mol. The molecule has 0 unspecified atom stereocenters. The molecule has 1 heterocycles. The number of hydrogen-bond acceptors (Lipinski definition) is 5. The molecule has 6 heteroatoms. The summed E-state index contributed by atoms with van der Waals surface area (Å²) in [5.41, 5.74) is 5.82. The third kappa shape index (κ3) is 5.97. The van der Waals surface area contributed by atoms with Crippen molar-refractivity contribution in [2.75, 3.05) is 19.0 Å². The Morgan fingerprint density at radius 2 is 1.39 bits per heavy atom. The molecule has 0 aliphatic heterocycles. The van der Waals surface area contributed by atoms with Crippen LogP contribution in [0.25, 0.3) is 41.3 Å². The molecule has 0 amide bonds. The maximum absolute atomic E-state index is 12.7. The van der Waals surface area contributed by atoms with Crippen molar-refractivity contribution in [3.05, 3.63) is 116 Å². The summed E-state index contributed by atoms with van der Waals surface area (Å²) in [5.74, 6) is -1.25. The molecule has 0 aliphatic rings. The van der Waals surface area contributed by atoms with E-state index in [-0.39, 0.29) is 11.2 Å². The summed E-state index contributed by atoms with van der Waals surface area (Å²) in [6.45, 7) is 1.93. The second-order valence-corrected chi connectivity index (χ2v) is 8.98. The standard InChI is InChI=1S/C32H26N2O4/c1-21-28-17-15-27(34(2)3)19-30(28)38-32(37)29(21)16-14-24-8-6-22(7-9-24)4-5-23-10-12-25(13-11-23)18-26(20-33)31(35)36/h4-19H,1-3H3,(H,35,36)/b5-4+,16-14+,26-18-. The minimum Gasteiger partial charge on any atom is -0.477 e. The second kappa shape index (κ2) is 11.3. The molecule has 0 saturated carbocycles. The largest absolute Gasteiger partial charge is 0.477 e. The minimum atomic E-state index is -1.25. The van der Waals surface area contributed by atoms with Gasteiger partial charge in [0.1, 0.15) is 17.2 Å². The highest BCUT2D eigenvalue weighted by atomic mass is 16.4. The van der Waals surface area contributed by atoms with Gasteiger partial charge in [-0.05, 0) is 59.0 Å². The van der Waals surface area contributed by atoms with Crippen LogP contribution in [-0.2, 0) is 4.79 Å². The van der Waals surface area contributed by atoms with Gasteiger partial charge in [0, 0.05) is 31.2 Å². The molecule has 0 fully saturated rings. The maximum Gasteiger partial charge on any atom is 0.346 e. The highest BCUT2D eigenvalue weighted by Crippen LogP contribution is 2.25. The van der Waals surface area contributed by atoms with Crippen LogP contribution in [-0.4, -0.2) is 25.2 Å².